The van der Waals surface area contributed by atoms with Crippen LogP contribution in [0.25, 0.3) is 0 Å². The number of aryl methyl sites for hydroxylation is 1. The van der Waals surface area contributed by atoms with Crippen LogP contribution in [0.3, 0.4) is 0 Å². The molecule has 1 unspecified atom stereocenters. The molecule has 4 heteroatoms. The molecule has 132 valence electrons. The van der Waals surface area contributed by atoms with Crippen molar-refractivity contribution in [3.8, 4) is 0 Å². The lowest BCUT2D eigenvalue weighted by Crippen LogP contribution is -2.23. The zero-order chi connectivity index (χ0) is 18.1. The summed E-state index contributed by atoms with van der Waals surface area (Å²) >= 11 is 0. The largest absolute Gasteiger partial charge is 0.463 e. The van der Waals surface area contributed by atoms with Crippen LogP contribution in [0.1, 0.15) is 54.3 Å². The maximum Gasteiger partial charge on any atom is 0.352 e. The smallest absolute Gasteiger partial charge is 0.352 e. The molecule has 0 spiro atoms. The lowest BCUT2D eigenvalue weighted by atomic mass is 10.0. The number of carbonyl (C=O) groups excluding carboxylic acids is 2. The molecular formula is C21H24O4. The summed E-state index contributed by atoms with van der Waals surface area (Å²) in [4.78, 5) is 25.1. The Kier molecular flexibility index (Phi) is 7.20. The average Bonchev–Trinajstić information content (AvgIpc) is 2.65. The monoisotopic (exact) mass is 340 g/mol. The summed E-state index contributed by atoms with van der Waals surface area (Å²) in [5, 5.41) is 0. The number of ether oxygens (including phenoxy) is 2. The molecule has 25 heavy (non-hydrogen) atoms. The fourth-order valence-corrected chi connectivity index (χ4v) is 2.54. The maximum absolute atomic E-state index is 12.7. The third-order valence-electron chi connectivity index (χ3n) is 3.75. The van der Waals surface area contributed by atoms with Gasteiger partial charge >= 0.3 is 11.9 Å². The van der Waals surface area contributed by atoms with E-state index in [9.17, 15) is 9.59 Å². The van der Waals surface area contributed by atoms with Crippen molar-refractivity contribution in [3.05, 3.63) is 71.3 Å². The molecule has 2 rings (SSSR count). The van der Waals surface area contributed by atoms with E-state index in [1.807, 2.05) is 25.1 Å². The zero-order valence-electron chi connectivity index (χ0n) is 14.7. The Morgan fingerprint density at radius 3 is 2.28 bits per heavy atom. The van der Waals surface area contributed by atoms with E-state index in [1.54, 1.807) is 36.4 Å². The van der Waals surface area contributed by atoms with Crippen LogP contribution in [-0.2, 0) is 20.7 Å². The topological polar surface area (TPSA) is 52.6 Å². The lowest BCUT2D eigenvalue weighted by Gasteiger charge is -2.18. The van der Waals surface area contributed by atoms with Crippen molar-refractivity contribution in [1.82, 2.24) is 0 Å². The Balaban J connectivity index is 2.24. The fraction of sp³-hybridized carbons (Fsp3) is 0.333. The van der Waals surface area contributed by atoms with Crippen molar-refractivity contribution in [2.75, 3.05) is 6.61 Å². The van der Waals surface area contributed by atoms with Crippen LogP contribution in [0.2, 0.25) is 0 Å². The first-order valence-electron chi connectivity index (χ1n) is 8.67. The van der Waals surface area contributed by atoms with Gasteiger partial charge in [0, 0.05) is 5.56 Å². The highest BCUT2D eigenvalue weighted by atomic mass is 16.6. The third-order valence-corrected chi connectivity index (χ3v) is 3.75. The minimum Gasteiger partial charge on any atom is -0.463 e. The molecule has 0 saturated carbocycles. The van der Waals surface area contributed by atoms with Crippen molar-refractivity contribution < 1.29 is 19.1 Å². The average molecular weight is 340 g/mol. The predicted molar refractivity (Wildman–Crippen MR) is 96.3 cm³/mol. The lowest BCUT2D eigenvalue weighted by molar-refractivity contribution is -0.154. The Bertz CT molecular complexity index is 694. The van der Waals surface area contributed by atoms with Crippen LogP contribution in [0.4, 0.5) is 0 Å². The first-order valence-corrected chi connectivity index (χ1v) is 8.67. The number of benzene rings is 2. The Labute approximate surface area is 148 Å². The van der Waals surface area contributed by atoms with Gasteiger partial charge < -0.3 is 9.47 Å². The molecule has 0 radical (unpaired) electrons. The molecule has 0 aromatic heterocycles. The van der Waals surface area contributed by atoms with Gasteiger partial charge in [-0.3, -0.25) is 0 Å². The van der Waals surface area contributed by atoms with E-state index in [1.165, 1.54) is 0 Å². The van der Waals surface area contributed by atoms with Crippen molar-refractivity contribution in [2.24, 2.45) is 0 Å². The first-order chi connectivity index (χ1) is 12.2. The van der Waals surface area contributed by atoms with Gasteiger partial charge in [-0.2, -0.15) is 0 Å². The second kappa shape index (κ2) is 9.62. The van der Waals surface area contributed by atoms with Crippen LogP contribution < -0.4 is 0 Å². The molecule has 0 N–H and O–H groups in total. The second-order valence-corrected chi connectivity index (χ2v) is 5.77. The van der Waals surface area contributed by atoms with Gasteiger partial charge in [-0.25, -0.2) is 9.59 Å². The highest BCUT2D eigenvalue weighted by molar-refractivity contribution is 5.93. The molecule has 4 nitrogen and oxygen atoms in total. The summed E-state index contributed by atoms with van der Waals surface area (Å²) in [7, 11) is 0. The highest BCUT2D eigenvalue weighted by Gasteiger charge is 2.27. The van der Waals surface area contributed by atoms with E-state index in [0.717, 1.165) is 18.4 Å². The van der Waals surface area contributed by atoms with Crippen LogP contribution in [0.5, 0.6) is 0 Å². The summed E-state index contributed by atoms with van der Waals surface area (Å²) in [6, 6.07) is 16.3. The summed E-state index contributed by atoms with van der Waals surface area (Å²) in [5.74, 6) is -1.05. The molecule has 2 aromatic carbocycles. The molecule has 0 saturated heterocycles. The van der Waals surface area contributed by atoms with Gasteiger partial charge in [0.2, 0.25) is 6.10 Å². The fourth-order valence-electron chi connectivity index (χ4n) is 2.54. The summed E-state index contributed by atoms with van der Waals surface area (Å²) in [6.07, 6.45) is 1.35. The maximum atomic E-state index is 12.7. The molecule has 0 aliphatic carbocycles. The number of hydrogen-bond donors (Lipinski definition) is 0. The highest BCUT2D eigenvalue weighted by Crippen LogP contribution is 2.22. The Hall–Kier alpha value is -2.62. The van der Waals surface area contributed by atoms with Gasteiger partial charge in [0.25, 0.3) is 0 Å². The summed E-state index contributed by atoms with van der Waals surface area (Å²) < 4.78 is 10.8. The van der Waals surface area contributed by atoms with Gasteiger partial charge in [-0.15, -0.1) is 0 Å². The van der Waals surface area contributed by atoms with E-state index < -0.39 is 18.0 Å². The molecule has 0 bridgehead atoms. The van der Waals surface area contributed by atoms with E-state index in [4.69, 9.17) is 9.47 Å². The van der Waals surface area contributed by atoms with E-state index in [0.29, 0.717) is 24.2 Å². The number of rotatable bonds is 8. The van der Waals surface area contributed by atoms with Crippen LogP contribution >= 0.6 is 0 Å². The van der Waals surface area contributed by atoms with Crippen molar-refractivity contribution in [2.45, 2.75) is 39.2 Å². The summed E-state index contributed by atoms with van der Waals surface area (Å²) in [5.41, 5.74) is 2.02. The third kappa shape index (κ3) is 5.18. The number of carbonyl (C=O) groups is 2. The van der Waals surface area contributed by atoms with Gasteiger partial charge in [0.15, 0.2) is 0 Å². The van der Waals surface area contributed by atoms with Crippen molar-refractivity contribution in [3.63, 3.8) is 0 Å². The zero-order valence-corrected chi connectivity index (χ0v) is 14.7. The van der Waals surface area contributed by atoms with Crippen LogP contribution in [-0.4, -0.2) is 18.5 Å². The van der Waals surface area contributed by atoms with E-state index in [-0.39, 0.29) is 0 Å². The van der Waals surface area contributed by atoms with E-state index >= 15 is 0 Å². The summed E-state index contributed by atoms with van der Waals surface area (Å²) in [6.45, 7) is 4.26. The molecule has 1 atom stereocenters. The SMILES string of the molecule is CCCOC(=O)C(OC(=O)c1ccccc1CCC)c1ccccc1. The van der Waals surface area contributed by atoms with Gasteiger partial charge in [0.05, 0.1) is 12.2 Å². The van der Waals surface area contributed by atoms with Gasteiger partial charge in [0.1, 0.15) is 0 Å². The van der Waals surface area contributed by atoms with Crippen LogP contribution in [0, 0.1) is 0 Å². The minimum atomic E-state index is -1.06. The van der Waals surface area contributed by atoms with Gasteiger partial charge in [-0.05, 0) is 24.5 Å². The molecule has 0 amide bonds. The molecule has 2 aromatic rings. The Morgan fingerprint density at radius 1 is 0.920 bits per heavy atom. The standard InChI is InChI=1S/C21H24O4/c1-3-10-16-11-8-9-14-18(16)20(22)25-19(21(23)24-15-4-2)17-12-6-5-7-13-17/h5-9,11-14,19H,3-4,10,15H2,1-2H3. The molecule has 0 aliphatic rings. The second-order valence-electron chi connectivity index (χ2n) is 5.77. The Morgan fingerprint density at radius 2 is 1.60 bits per heavy atom. The molecular weight excluding hydrogens is 316 g/mol. The molecule has 0 heterocycles. The molecule has 0 fully saturated rings. The normalized spacial score (nSPS) is 11.6. The minimum absolute atomic E-state index is 0.298. The van der Waals surface area contributed by atoms with Crippen LogP contribution in [0.15, 0.2) is 54.6 Å². The van der Waals surface area contributed by atoms with Crippen molar-refractivity contribution >= 4 is 11.9 Å². The predicted octanol–water partition coefficient (Wildman–Crippen LogP) is 4.49. The van der Waals surface area contributed by atoms with Gasteiger partial charge in [-0.1, -0.05) is 68.8 Å². The first kappa shape index (κ1) is 18.7. The van der Waals surface area contributed by atoms with Crippen molar-refractivity contribution in [1.29, 1.82) is 0 Å². The van der Waals surface area contributed by atoms with E-state index in [2.05, 4.69) is 6.92 Å². The number of esters is 2. The number of hydrogen-bond acceptors (Lipinski definition) is 4. The molecule has 0 aliphatic heterocycles. The quantitative estimate of drug-likeness (QED) is 0.664.